The summed E-state index contributed by atoms with van der Waals surface area (Å²) in [6.45, 7) is 5.87. The molecule has 2 heterocycles. The number of benzene rings is 2. The second-order valence-corrected chi connectivity index (χ2v) is 8.14. The van der Waals surface area contributed by atoms with E-state index in [0.29, 0.717) is 19.6 Å². The van der Waals surface area contributed by atoms with Gasteiger partial charge in [0.15, 0.2) is 0 Å². The lowest BCUT2D eigenvalue weighted by molar-refractivity contribution is -0.130. The number of aliphatic hydroxyl groups excluding tert-OH is 1. The Labute approximate surface area is 175 Å². The molecule has 0 bridgehead atoms. The fraction of sp³-hybridized carbons (Fsp3) is 0.348. The zero-order valence-electron chi connectivity index (χ0n) is 17.0. The van der Waals surface area contributed by atoms with E-state index in [9.17, 15) is 9.90 Å². The highest BCUT2D eigenvalue weighted by Gasteiger charge is 2.38. The van der Waals surface area contributed by atoms with Crippen LogP contribution in [0.4, 0.5) is 0 Å². The van der Waals surface area contributed by atoms with Gasteiger partial charge in [-0.2, -0.15) is 0 Å². The van der Waals surface area contributed by atoms with Gasteiger partial charge >= 0.3 is 0 Å². The largest absolute Gasteiger partial charge is 0.496 e. The minimum atomic E-state index is -0.349. The number of aromatic nitrogens is 1. The number of fused-ring (bicyclic) bond motifs is 5. The number of likely N-dealkylation sites (N-methyl/N-ethyl adjacent to an activating group) is 1. The number of aliphatic hydroxyl groups is 1. The zero-order valence-corrected chi connectivity index (χ0v) is 17.8. The average Bonchev–Trinajstić information content (AvgIpc) is 3.09. The third-order valence-electron chi connectivity index (χ3n) is 5.58. The first-order chi connectivity index (χ1) is 14.2. The molecule has 29 heavy (non-hydrogen) atoms. The molecular weight excluding hydrogens is 384 g/mol. The molecule has 1 N–H and O–H groups in total. The lowest BCUT2D eigenvalue weighted by Gasteiger charge is -2.30. The molecule has 0 radical (unpaired) electrons. The van der Waals surface area contributed by atoms with Crippen molar-refractivity contribution in [3.63, 3.8) is 0 Å². The van der Waals surface area contributed by atoms with Gasteiger partial charge in [-0.3, -0.25) is 4.79 Å². The summed E-state index contributed by atoms with van der Waals surface area (Å²) >= 11 is 1.61. The van der Waals surface area contributed by atoms with E-state index in [1.54, 1.807) is 18.9 Å². The van der Waals surface area contributed by atoms with E-state index in [0.717, 1.165) is 38.4 Å². The summed E-state index contributed by atoms with van der Waals surface area (Å²) in [7, 11) is 1.66. The molecule has 1 atom stereocenters. The minimum Gasteiger partial charge on any atom is -0.496 e. The maximum absolute atomic E-state index is 13.5. The number of carbonyl (C=O) groups excluding carboxylic acids is 1. The highest BCUT2D eigenvalue weighted by Crippen LogP contribution is 2.54. The molecule has 4 rings (SSSR count). The molecule has 1 amide bonds. The number of hydrogen-bond acceptors (Lipinski definition) is 4. The van der Waals surface area contributed by atoms with Gasteiger partial charge in [0.05, 0.1) is 24.9 Å². The van der Waals surface area contributed by atoms with E-state index in [4.69, 9.17) is 4.74 Å². The predicted octanol–water partition coefficient (Wildman–Crippen LogP) is 4.32. The van der Waals surface area contributed by atoms with Crippen LogP contribution in [0.15, 0.2) is 47.4 Å². The Kier molecular flexibility index (Phi) is 5.56. The summed E-state index contributed by atoms with van der Waals surface area (Å²) in [6.07, 6.45) is 0. The molecule has 6 heteroatoms. The summed E-state index contributed by atoms with van der Waals surface area (Å²) in [5, 5.41) is 10.4. The van der Waals surface area contributed by atoms with Crippen LogP contribution in [0.25, 0.3) is 22.2 Å². The van der Waals surface area contributed by atoms with Crippen molar-refractivity contribution in [3.05, 3.63) is 48.0 Å². The Morgan fingerprint density at radius 1 is 1.17 bits per heavy atom. The molecule has 0 spiro atoms. The molecule has 1 aromatic heterocycles. The van der Waals surface area contributed by atoms with E-state index >= 15 is 0 Å². The predicted molar refractivity (Wildman–Crippen MR) is 118 cm³/mol. The highest BCUT2D eigenvalue weighted by atomic mass is 32.2. The van der Waals surface area contributed by atoms with Gasteiger partial charge in [0, 0.05) is 41.0 Å². The molecule has 2 aromatic carbocycles. The monoisotopic (exact) mass is 410 g/mol. The first-order valence-electron chi connectivity index (χ1n) is 10.0. The molecule has 5 nitrogen and oxygen atoms in total. The molecule has 0 saturated carbocycles. The normalized spacial score (nSPS) is 15.1. The van der Waals surface area contributed by atoms with Crippen LogP contribution in [0.3, 0.4) is 0 Å². The Bertz CT molecular complexity index is 1060. The van der Waals surface area contributed by atoms with Crippen molar-refractivity contribution in [1.29, 1.82) is 0 Å². The van der Waals surface area contributed by atoms with Gasteiger partial charge in [0.2, 0.25) is 5.91 Å². The molecule has 3 aromatic rings. The van der Waals surface area contributed by atoms with Gasteiger partial charge in [-0.15, -0.1) is 11.8 Å². The van der Waals surface area contributed by atoms with Crippen LogP contribution in [0.5, 0.6) is 5.75 Å². The summed E-state index contributed by atoms with van der Waals surface area (Å²) in [4.78, 5) is 16.5. The Hall–Kier alpha value is -2.44. The highest BCUT2D eigenvalue weighted by molar-refractivity contribution is 8.00. The van der Waals surface area contributed by atoms with Crippen molar-refractivity contribution in [2.75, 3.05) is 26.8 Å². The van der Waals surface area contributed by atoms with E-state index in [1.165, 1.54) is 0 Å². The van der Waals surface area contributed by atoms with Crippen molar-refractivity contribution >= 4 is 28.6 Å². The summed E-state index contributed by atoms with van der Waals surface area (Å²) in [6, 6.07) is 14.1. The molecule has 1 unspecified atom stereocenters. The van der Waals surface area contributed by atoms with Gasteiger partial charge in [0.25, 0.3) is 0 Å². The summed E-state index contributed by atoms with van der Waals surface area (Å²) in [5.74, 6) is 0.873. The van der Waals surface area contributed by atoms with Gasteiger partial charge in [0.1, 0.15) is 11.0 Å². The average molecular weight is 411 g/mol. The molecule has 152 valence electrons. The standard InChI is InChI=1S/C23H26N2O3S/c1-4-24(5-2)23(27)22-20-19-16(10-8-11-17(19)28-3)25(13-14-26)21(20)15-9-6-7-12-18(15)29-22/h6-12,22,26H,4-5,13-14H2,1-3H3. The first kappa shape index (κ1) is 19.9. The molecule has 0 saturated heterocycles. The smallest absolute Gasteiger partial charge is 0.240 e. The SMILES string of the molecule is CCN(CC)C(=O)C1Sc2ccccc2-c2c1c1c(OC)cccc1n2CCO. The number of amides is 1. The number of thioether (sulfide) groups is 1. The lowest BCUT2D eigenvalue weighted by atomic mass is 10.00. The Morgan fingerprint density at radius 3 is 2.62 bits per heavy atom. The molecule has 0 aliphatic carbocycles. The molecule has 0 fully saturated rings. The summed E-state index contributed by atoms with van der Waals surface area (Å²) in [5.41, 5.74) is 4.09. The molecule has 1 aliphatic rings. The van der Waals surface area contributed by atoms with Crippen LogP contribution in [-0.4, -0.2) is 47.3 Å². The van der Waals surface area contributed by atoms with Crippen molar-refractivity contribution in [2.45, 2.75) is 30.5 Å². The van der Waals surface area contributed by atoms with Gasteiger partial charge < -0.3 is 19.3 Å². The number of carbonyl (C=O) groups is 1. The number of rotatable bonds is 6. The Morgan fingerprint density at radius 2 is 1.93 bits per heavy atom. The van der Waals surface area contributed by atoms with Crippen LogP contribution in [0.2, 0.25) is 0 Å². The van der Waals surface area contributed by atoms with Crippen molar-refractivity contribution in [3.8, 4) is 17.0 Å². The molecule has 1 aliphatic heterocycles. The topological polar surface area (TPSA) is 54.7 Å². The zero-order chi connectivity index (χ0) is 20.5. The van der Waals surface area contributed by atoms with Crippen LogP contribution in [-0.2, 0) is 11.3 Å². The third-order valence-corrected chi connectivity index (χ3v) is 6.86. The minimum absolute atomic E-state index is 0.0252. The lowest BCUT2D eigenvalue weighted by Crippen LogP contribution is -2.34. The van der Waals surface area contributed by atoms with E-state index < -0.39 is 0 Å². The number of methoxy groups -OCH3 is 1. The van der Waals surface area contributed by atoms with Gasteiger partial charge in [-0.05, 0) is 32.0 Å². The van der Waals surface area contributed by atoms with E-state index in [-0.39, 0.29) is 17.8 Å². The van der Waals surface area contributed by atoms with Gasteiger partial charge in [-0.1, -0.05) is 24.3 Å². The fourth-order valence-electron chi connectivity index (χ4n) is 4.27. The first-order valence-corrected chi connectivity index (χ1v) is 10.9. The van der Waals surface area contributed by atoms with Crippen molar-refractivity contribution in [1.82, 2.24) is 9.47 Å². The maximum atomic E-state index is 13.5. The quantitative estimate of drug-likeness (QED) is 0.657. The second-order valence-electron chi connectivity index (χ2n) is 7.00. The number of hydrogen-bond donors (Lipinski definition) is 1. The Balaban J connectivity index is 2.08. The van der Waals surface area contributed by atoms with Crippen LogP contribution < -0.4 is 4.74 Å². The molecular formula is C23H26N2O3S. The van der Waals surface area contributed by atoms with E-state index in [2.05, 4.69) is 16.7 Å². The van der Waals surface area contributed by atoms with Crippen LogP contribution in [0.1, 0.15) is 24.7 Å². The van der Waals surface area contributed by atoms with E-state index in [1.807, 2.05) is 49.1 Å². The number of nitrogens with zero attached hydrogens (tertiary/aromatic N) is 2. The van der Waals surface area contributed by atoms with Crippen molar-refractivity contribution in [2.24, 2.45) is 0 Å². The summed E-state index contributed by atoms with van der Waals surface area (Å²) < 4.78 is 7.84. The van der Waals surface area contributed by atoms with Crippen LogP contribution in [0, 0.1) is 0 Å². The van der Waals surface area contributed by atoms with Crippen molar-refractivity contribution < 1.29 is 14.6 Å². The van der Waals surface area contributed by atoms with Crippen LogP contribution >= 0.6 is 11.8 Å². The number of ether oxygens (including phenoxy) is 1. The second kappa shape index (κ2) is 8.13. The third kappa shape index (κ3) is 3.11. The van der Waals surface area contributed by atoms with Gasteiger partial charge in [-0.25, -0.2) is 0 Å². The maximum Gasteiger partial charge on any atom is 0.240 e. The fourth-order valence-corrected chi connectivity index (χ4v) is 5.57.